The lowest BCUT2D eigenvalue weighted by atomic mass is 9.98. The molecule has 0 spiro atoms. The number of rotatable bonds is 34. The molecule has 2 aliphatic heterocycles. The van der Waals surface area contributed by atoms with Gasteiger partial charge in [-0.3, -0.25) is 4.79 Å². The average molecular weight is 809 g/mol. The van der Waals surface area contributed by atoms with Gasteiger partial charge < -0.3 is 64.2 Å². The zero-order valence-corrected chi connectivity index (χ0v) is 34.6. The number of hydrogen-bond acceptors (Lipinski definition) is 14. The molecule has 14 heteroatoms. The van der Waals surface area contributed by atoms with Crippen molar-refractivity contribution in [3.63, 3.8) is 0 Å². The van der Waals surface area contributed by atoms with E-state index in [1.807, 2.05) is 0 Å². The summed E-state index contributed by atoms with van der Waals surface area (Å²) in [6, 6.07) is 0. The van der Waals surface area contributed by atoms with Crippen LogP contribution in [0.1, 0.15) is 162 Å². The predicted octanol–water partition coefficient (Wildman–Crippen LogP) is 4.57. The largest absolute Gasteiger partial charge is 0.457 e. The van der Waals surface area contributed by atoms with Gasteiger partial charge in [-0.05, 0) is 12.8 Å². The van der Waals surface area contributed by atoms with Gasteiger partial charge in [0.05, 0.1) is 26.4 Å². The van der Waals surface area contributed by atoms with E-state index in [0.717, 1.165) is 38.5 Å². The molecule has 332 valence electrons. The lowest BCUT2D eigenvalue weighted by molar-refractivity contribution is -0.332. The molecule has 2 aliphatic rings. The summed E-state index contributed by atoms with van der Waals surface area (Å²) in [5, 5.41) is 71.7. The van der Waals surface area contributed by atoms with E-state index in [9.17, 15) is 40.5 Å². The molecule has 0 aromatic rings. The van der Waals surface area contributed by atoms with Gasteiger partial charge in [-0.15, -0.1) is 0 Å². The van der Waals surface area contributed by atoms with Crippen LogP contribution >= 0.6 is 0 Å². The minimum absolute atomic E-state index is 0.0681. The SMILES string of the molecule is CCCCCCCCCCCCCCCCC(=O)OC(COCCCCCCCCCC)COC1OC(COC2OC(CO)C(O)C(O)C2O)C(O)C(O)C1O. The number of ether oxygens (including phenoxy) is 6. The summed E-state index contributed by atoms with van der Waals surface area (Å²) in [4.78, 5) is 12.9. The molecule has 2 saturated heterocycles. The third-order valence-electron chi connectivity index (χ3n) is 10.9. The highest BCUT2D eigenvalue weighted by Gasteiger charge is 2.47. The van der Waals surface area contributed by atoms with Crippen molar-refractivity contribution in [2.45, 2.75) is 229 Å². The van der Waals surface area contributed by atoms with Gasteiger partial charge in [0.2, 0.25) is 0 Å². The Hall–Kier alpha value is -1.01. The first-order valence-corrected chi connectivity index (χ1v) is 22.1. The maximum Gasteiger partial charge on any atom is 0.306 e. The summed E-state index contributed by atoms with van der Waals surface area (Å²) >= 11 is 0. The predicted molar refractivity (Wildman–Crippen MR) is 211 cm³/mol. The number of carbonyl (C=O) groups is 1. The Morgan fingerprint density at radius 3 is 1.45 bits per heavy atom. The normalized spacial score (nSPS) is 28.7. The van der Waals surface area contributed by atoms with Gasteiger partial charge >= 0.3 is 5.97 Å². The fourth-order valence-corrected chi connectivity index (χ4v) is 7.17. The molecule has 14 nitrogen and oxygen atoms in total. The molecule has 0 aromatic carbocycles. The van der Waals surface area contributed by atoms with E-state index < -0.39 is 80.7 Å². The second kappa shape index (κ2) is 31.9. The maximum absolute atomic E-state index is 12.9. The van der Waals surface area contributed by atoms with E-state index >= 15 is 0 Å². The standard InChI is InChI=1S/C42H80O14/c1-3-5-7-9-11-13-14-15-16-17-18-19-21-23-25-34(44)54-31(28-51-26-24-22-20-12-10-8-6-4-2)29-52-41-40(50)38(48)36(46)33(56-41)30-53-42-39(49)37(47)35(45)32(27-43)55-42/h31-33,35-43,45-50H,3-30H2,1-2H3. The highest BCUT2D eigenvalue weighted by atomic mass is 16.7. The molecule has 11 atom stereocenters. The fraction of sp³-hybridized carbons (Fsp3) is 0.976. The third kappa shape index (κ3) is 20.8. The topological polar surface area (TPSA) is 214 Å². The Morgan fingerprint density at radius 2 is 0.946 bits per heavy atom. The summed E-state index contributed by atoms with van der Waals surface area (Å²) < 4.78 is 34.0. The Labute approximate surface area is 336 Å². The number of esters is 1. The zero-order chi connectivity index (χ0) is 41.0. The van der Waals surface area contributed by atoms with Crippen LogP contribution in [0.4, 0.5) is 0 Å². The van der Waals surface area contributed by atoms with Crippen molar-refractivity contribution in [3.8, 4) is 0 Å². The van der Waals surface area contributed by atoms with Crippen molar-refractivity contribution in [1.82, 2.24) is 0 Å². The summed E-state index contributed by atoms with van der Waals surface area (Å²) in [7, 11) is 0. The van der Waals surface area contributed by atoms with E-state index in [4.69, 9.17) is 28.4 Å². The van der Waals surface area contributed by atoms with Gasteiger partial charge in [-0.2, -0.15) is 0 Å². The lowest BCUT2D eigenvalue weighted by Gasteiger charge is -2.42. The maximum atomic E-state index is 12.9. The zero-order valence-electron chi connectivity index (χ0n) is 34.6. The van der Waals surface area contributed by atoms with Crippen LogP contribution in [0.3, 0.4) is 0 Å². The van der Waals surface area contributed by atoms with Crippen LogP contribution in [-0.4, -0.2) is 142 Å². The lowest BCUT2D eigenvalue weighted by Crippen LogP contribution is -2.61. The molecule has 11 unspecified atom stereocenters. The number of unbranched alkanes of at least 4 members (excludes halogenated alkanes) is 20. The monoisotopic (exact) mass is 809 g/mol. The first-order valence-electron chi connectivity index (χ1n) is 22.1. The molecule has 0 aliphatic carbocycles. The molecule has 7 N–H and O–H groups in total. The first kappa shape index (κ1) is 51.1. The van der Waals surface area contributed by atoms with Crippen LogP contribution < -0.4 is 0 Å². The number of aliphatic hydroxyl groups excluding tert-OH is 7. The highest BCUT2D eigenvalue weighted by Crippen LogP contribution is 2.26. The minimum Gasteiger partial charge on any atom is -0.457 e. The van der Waals surface area contributed by atoms with E-state index in [-0.39, 0.29) is 25.6 Å². The van der Waals surface area contributed by atoms with E-state index in [1.165, 1.54) is 96.3 Å². The quantitative estimate of drug-likeness (QED) is 0.0351. The molecule has 56 heavy (non-hydrogen) atoms. The fourth-order valence-electron chi connectivity index (χ4n) is 7.17. The van der Waals surface area contributed by atoms with Crippen LogP contribution in [0, 0.1) is 0 Å². The van der Waals surface area contributed by atoms with Crippen molar-refractivity contribution in [3.05, 3.63) is 0 Å². The van der Waals surface area contributed by atoms with Crippen molar-refractivity contribution < 1.29 is 69.0 Å². The average Bonchev–Trinajstić information content (AvgIpc) is 3.19. The minimum atomic E-state index is -1.70. The van der Waals surface area contributed by atoms with E-state index in [0.29, 0.717) is 13.0 Å². The van der Waals surface area contributed by atoms with Gasteiger partial charge in [0.1, 0.15) is 54.9 Å². The first-order chi connectivity index (χ1) is 27.1. The Morgan fingerprint density at radius 1 is 0.518 bits per heavy atom. The summed E-state index contributed by atoms with van der Waals surface area (Å²) in [5.41, 5.74) is 0. The molecule has 0 saturated carbocycles. The second-order valence-corrected chi connectivity index (χ2v) is 15.9. The Bertz CT molecular complexity index is 943. The highest BCUT2D eigenvalue weighted by molar-refractivity contribution is 5.69. The number of aliphatic hydroxyl groups is 7. The summed E-state index contributed by atoms with van der Waals surface area (Å²) in [6.07, 6.45) is 10.4. The summed E-state index contributed by atoms with van der Waals surface area (Å²) in [5.74, 6) is -0.375. The van der Waals surface area contributed by atoms with Gasteiger partial charge in [0.25, 0.3) is 0 Å². The van der Waals surface area contributed by atoms with Gasteiger partial charge in [0.15, 0.2) is 12.6 Å². The van der Waals surface area contributed by atoms with Crippen LogP contribution in [0.5, 0.6) is 0 Å². The van der Waals surface area contributed by atoms with Crippen molar-refractivity contribution >= 4 is 5.97 Å². The van der Waals surface area contributed by atoms with Crippen molar-refractivity contribution in [2.24, 2.45) is 0 Å². The van der Waals surface area contributed by atoms with E-state index in [1.54, 1.807) is 0 Å². The van der Waals surface area contributed by atoms with Crippen molar-refractivity contribution in [1.29, 1.82) is 0 Å². The Kier molecular flexibility index (Phi) is 29.1. The van der Waals surface area contributed by atoms with Gasteiger partial charge in [-0.25, -0.2) is 0 Å². The molecule has 2 fully saturated rings. The van der Waals surface area contributed by atoms with Crippen LogP contribution in [-0.2, 0) is 33.2 Å². The third-order valence-corrected chi connectivity index (χ3v) is 10.9. The molecule has 2 rings (SSSR count). The van der Waals surface area contributed by atoms with Gasteiger partial charge in [-0.1, -0.05) is 142 Å². The molecule has 2 heterocycles. The molecule has 0 aromatic heterocycles. The van der Waals surface area contributed by atoms with Crippen LogP contribution in [0.2, 0.25) is 0 Å². The molecule has 0 amide bonds. The van der Waals surface area contributed by atoms with Crippen LogP contribution in [0.25, 0.3) is 0 Å². The molecule has 0 radical (unpaired) electrons. The molecule has 0 bridgehead atoms. The summed E-state index contributed by atoms with van der Waals surface area (Å²) in [6.45, 7) is 3.66. The number of hydrogen-bond donors (Lipinski definition) is 7. The Balaban J connectivity index is 1.81. The molecular formula is C42H80O14. The van der Waals surface area contributed by atoms with Crippen molar-refractivity contribution in [2.75, 3.05) is 33.0 Å². The smallest absolute Gasteiger partial charge is 0.306 e. The second-order valence-electron chi connectivity index (χ2n) is 15.9. The molecular weight excluding hydrogens is 728 g/mol. The van der Waals surface area contributed by atoms with E-state index in [2.05, 4.69) is 13.8 Å². The number of carbonyl (C=O) groups excluding carboxylic acids is 1. The van der Waals surface area contributed by atoms with Gasteiger partial charge in [0, 0.05) is 13.0 Å². The van der Waals surface area contributed by atoms with Crippen LogP contribution in [0.15, 0.2) is 0 Å².